The quantitative estimate of drug-likeness (QED) is 0.524. The predicted molar refractivity (Wildman–Crippen MR) is 118 cm³/mol. The molecule has 0 aliphatic heterocycles. The van der Waals surface area contributed by atoms with Crippen molar-refractivity contribution in [1.82, 2.24) is 15.1 Å². The van der Waals surface area contributed by atoms with Crippen LogP contribution in [0.2, 0.25) is 0 Å². The molecular weight excluding hydrogens is 416 g/mol. The summed E-state index contributed by atoms with van der Waals surface area (Å²) in [7, 11) is -3.71. The highest BCUT2D eigenvalue weighted by Gasteiger charge is 2.08. The van der Waals surface area contributed by atoms with Gasteiger partial charge in [-0.25, -0.2) is 18.2 Å². The smallest absolute Gasteiger partial charge is 0.266 e. The SMILES string of the molecule is NS(=O)(=O)c1ccc(CCNC(=O)CCCn2nc(-c3ccccc3)ccc2=O)cc1. The molecule has 0 bridgehead atoms. The number of carbonyl (C=O) groups is 1. The van der Waals surface area contributed by atoms with Crippen molar-refractivity contribution in [3.8, 4) is 11.3 Å². The number of nitrogens with two attached hydrogens (primary N) is 1. The van der Waals surface area contributed by atoms with Gasteiger partial charge in [0.2, 0.25) is 15.9 Å². The van der Waals surface area contributed by atoms with Crippen LogP contribution in [0.5, 0.6) is 0 Å². The third-order valence-corrected chi connectivity index (χ3v) is 5.63. The Labute approximate surface area is 180 Å². The van der Waals surface area contributed by atoms with E-state index < -0.39 is 10.0 Å². The summed E-state index contributed by atoms with van der Waals surface area (Å²) in [6, 6.07) is 19.0. The van der Waals surface area contributed by atoms with Crippen molar-refractivity contribution in [1.29, 1.82) is 0 Å². The van der Waals surface area contributed by atoms with Gasteiger partial charge in [-0.3, -0.25) is 9.59 Å². The van der Waals surface area contributed by atoms with E-state index in [-0.39, 0.29) is 22.8 Å². The fraction of sp³-hybridized carbons (Fsp3) is 0.227. The molecule has 0 saturated carbocycles. The highest BCUT2D eigenvalue weighted by atomic mass is 32.2. The molecule has 2 aromatic carbocycles. The second-order valence-corrected chi connectivity index (χ2v) is 8.60. The Morgan fingerprint density at radius 3 is 2.39 bits per heavy atom. The van der Waals surface area contributed by atoms with E-state index in [9.17, 15) is 18.0 Å². The first-order valence-electron chi connectivity index (χ1n) is 9.85. The first kappa shape index (κ1) is 22.4. The standard InChI is InChI=1S/C22H24N4O4S/c23-31(29,30)19-10-8-17(9-11-19)14-15-24-21(27)7-4-16-26-22(28)13-12-20(25-26)18-5-2-1-3-6-18/h1-3,5-6,8-13H,4,7,14-16H2,(H,24,27)(H2,23,29,30). The van der Waals surface area contributed by atoms with Gasteiger partial charge >= 0.3 is 0 Å². The highest BCUT2D eigenvalue weighted by molar-refractivity contribution is 7.89. The summed E-state index contributed by atoms with van der Waals surface area (Å²) in [5.41, 5.74) is 2.31. The number of aromatic nitrogens is 2. The minimum Gasteiger partial charge on any atom is -0.356 e. The number of amides is 1. The number of rotatable bonds is 9. The average Bonchev–Trinajstić information content (AvgIpc) is 2.75. The third-order valence-electron chi connectivity index (χ3n) is 4.70. The molecule has 3 aromatic rings. The van der Waals surface area contributed by atoms with Crippen LogP contribution in [0.1, 0.15) is 18.4 Å². The highest BCUT2D eigenvalue weighted by Crippen LogP contribution is 2.14. The Hall–Kier alpha value is -3.30. The van der Waals surface area contributed by atoms with E-state index in [1.165, 1.54) is 22.9 Å². The zero-order valence-corrected chi connectivity index (χ0v) is 17.7. The Morgan fingerprint density at radius 2 is 1.71 bits per heavy atom. The van der Waals surface area contributed by atoms with Gasteiger partial charge in [0.1, 0.15) is 0 Å². The summed E-state index contributed by atoms with van der Waals surface area (Å²) in [6.45, 7) is 0.775. The van der Waals surface area contributed by atoms with E-state index in [0.717, 1.165) is 11.1 Å². The lowest BCUT2D eigenvalue weighted by molar-refractivity contribution is -0.121. The zero-order valence-electron chi connectivity index (χ0n) is 16.9. The van der Waals surface area contributed by atoms with Gasteiger partial charge in [-0.15, -0.1) is 0 Å². The fourth-order valence-electron chi connectivity index (χ4n) is 3.04. The lowest BCUT2D eigenvalue weighted by Crippen LogP contribution is -2.27. The number of aryl methyl sites for hydroxylation is 1. The molecule has 162 valence electrons. The van der Waals surface area contributed by atoms with Crippen molar-refractivity contribution in [2.45, 2.75) is 30.7 Å². The van der Waals surface area contributed by atoms with Crippen molar-refractivity contribution in [2.75, 3.05) is 6.54 Å². The summed E-state index contributed by atoms with van der Waals surface area (Å²) >= 11 is 0. The normalized spacial score (nSPS) is 11.3. The van der Waals surface area contributed by atoms with E-state index in [1.807, 2.05) is 30.3 Å². The van der Waals surface area contributed by atoms with Gasteiger partial charge in [0.15, 0.2) is 0 Å². The van der Waals surface area contributed by atoms with Crippen LogP contribution in [0.4, 0.5) is 0 Å². The molecule has 0 aliphatic rings. The van der Waals surface area contributed by atoms with Crippen molar-refractivity contribution in [3.63, 3.8) is 0 Å². The van der Waals surface area contributed by atoms with Gasteiger partial charge < -0.3 is 5.32 Å². The number of benzene rings is 2. The molecule has 0 unspecified atom stereocenters. The van der Waals surface area contributed by atoms with Crippen LogP contribution in [0, 0.1) is 0 Å². The third kappa shape index (κ3) is 6.59. The molecule has 1 aromatic heterocycles. The Morgan fingerprint density at radius 1 is 1.00 bits per heavy atom. The fourth-order valence-corrected chi connectivity index (χ4v) is 3.56. The van der Waals surface area contributed by atoms with E-state index in [2.05, 4.69) is 10.4 Å². The van der Waals surface area contributed by atoms with E-state index in [0.29, 0.717) is 31.6 Å². The molecule has 0 aliphatic carbocycles. The molecule has 0 fully saturated rings. The number of carbonyl (C=O) groups excluding carboxylic acids is 1. The molecular formula is C22H24N4O4S. The van der Waals surface area contributed by atoms with E-state index >= 15 is 0 Å². The summed E-state index contributed by atoms with van der Waals surface area (Å²) < 4.78 is 23.9. The van der Waals surface area contributed by atoms with Gasteiger partial charge in [-0.2, -0.15) is 5.10 Å². The summed E-state index contributed by atoms with van der Waals surface area (Å²) in [5, 5.41) is 12.3. The molecule has 3 N–H and O–H groups in total. The largest absolute Gasteiger partial charge is 0.356 e. The van der Waals surface area contributed by atoms with Crippen LogP contribution in [0.3, 0.4) is 0 Å². The summed E-state index contributed by atoms with van der Waals surface area (Å²) in [4.78, 5) is 24.2. The van der Waals surface area contributed by atoms with Crippen LogP contribution in [0.15, 0.2) is 76.4 Å². The van der Waals surface area contributed by atoms with Crippen molar-refractivity contribution in [2.24, 2.45) is 5.14 Å². The summed E-state index contributed by atoms with van der Waals surface area (Å²) in [6.07, 6.45) is 1.32. The molecule has 8 nitrogen and oxygen atoms in total. The van der Waals surface area contributed by atoms with E-state index in [4.69, 9.17) is 5.14 Å². The topological polar surface area (TPSA) is 124 Å². The van der Waals surface area contributed by atoms with Crippen molar-refractivity contribution < 1.29 is 13.2 Å². The molecule has 0 saturated heterocycles. The number of primary sulfonamides is 1. The molecule has 31 heavy (non-hydrogen) atoms. The van der Waals surface area contributed by atoms with Crippen LogP contribution in [-0.4, -0.2) is 30.7 Å². The van der Waals surface area contributed by atoms with Gasteiger partial charge in [-0.1, -0.05) is 42.5 Å². The monoisotopic (exact) mass is 440 g/mol. The predicted octanol–water partition coefficient (Wildman–Crippen LogP) is 1.70. The number of sulfonamides is 1. The maximum Gasteiger partial charge on any atom is 0.266 e. The van der Waals surface area contributed by atoms with Gasteiger partial charge in [0.25, 0.3) is 5.56 Å². The Bertz CT molecular complexity index is 1190. The second kappa shape index (κ2) is 10.1. The second-order valence-electron chi connectivity index (χ2n) is 7.04. The van der Waals surface area contributed by atoms with Crippen molar-refractivity contribution in [3.05, 3.63) is 82.6 Å². The first-order valence-corrected chi connectivity index (χ1v) is 11.4. The minimum atomic E-state index is -3.71. The van der Waals surface area contributed by atoms with Gasteiger partial charge in [0.05, 0.1) is 10.6 Å². The zero-order chi connectivity index (χ0) is 22.3. The molecule has 9 heteroatoms. The molecule has 1 heterocycles. The van der Waals surface area contributed by atoms with Crippen LogP contribution in [-0.2, 0) is 27.8 Å². The molecule has 0 atom stereocenters. The lowest BCUT2D eigenvalue weighted by atomic mass is 10.1. The number of hydrogen-bond acceptors (Lipinski definition) is 5. The van der Waals surface area contributed by atoms with E-state index in [1.54, 1.807) is 18.2 Å². The van der Waals surface area contributed by atoms with Crippen molar-refractivity contribution >= 4 is 15.9 Å². The lowest BCUT2D eigenvalue weighted by Gasteiger charge is -2.08. The number of nitrogens with zero attached hydrogens (tertiary/aromatic N) is 2. The first-order chi connectivity index (χ1) is 14.8. The van der Waals surface area contributed by atoms with Crippen LogP contribution < -0.4 is 16.0 Å². The van der Waals surface area contributed by atoms with Crippen LogP contribution in [0.25, 0.3) is 11.3 Å². The molecule has 3 rings (SSSR count). The minimum absolute atomic E-state index is 0.0560. The number of nitrogens with one attached hydrogen (secondary N) is 1. The molecule has 0 radical (unpaired) electrons. The van der Waals surface area contributed by atoms with Crippen LogP contribution >= 0.6 is 0 Å². The Kier molecular flexibility index (Phi) is 7.32. The van der Waals surface area contributed by atoms with Gasteiger partial charge in [-0.05, 0) is 36.6 Å². The molecule has 1 amide bonds. The molecule has 0 spiro atoms. The maximum atomic E-state index is 12.1. The Balaban J connectivity index is 1.45. The van der Waals surface area contributed by atoms with Gasteiger partial charge in [0, 0.05) is 31.1 Å². The maximum absolute atomic E-state index is 12.1. The number of hydrogen-bond donors (Lipinski definition) is 2. The summed E-state index contributed by atoms with van der Waals surface area (Å²) in [5.74, 6) is -0.117. The average molecular weight is 441 g/mol.